The van der Waals surface area contributed by atoms with Crippen molar-refractivity contribution < 1.29 is 24.0 Å². The van der Waals surface area contributed by atoms with Crippen molar-refractivity contribution in [1.29, 1.82) is 0 Å². The van der Waals surface area contributed by atoms with Gasteiger partial charge in [0.15, 0.2) is 0 Å². The first-order valence-electron chi connectivity index (χ1n) is 7.28. The fourth-order valence-electron chi connectivity index (χ4n) is 1.70. The second-order valence-electron chi connectivity index (χ2n) is 4.59. The Kier molecular flexibility index (Phi) is 7.86. The fourth-order valence-corrected chi connectivity index (χ4v) is 3.53. The predicted octanol–water partition coefficient (Wildman–Crippen LogP) is 1.63. The van der Waals surface area contributed by atoms with Gasteiger partial charge in [0, 0.05) is 37.9 Å². The van der Waals surface area contributed by atoms with Crippen LogP contribution in [0.3, 0.4) is 0 Å². The van der Waals surface area contributed by atoms with E-state index in [9.17, 15) is 14.4 Å². The summed E-state index contributed by atoms with van der Waals surface area (Å²) in [6, 6.07) is 5.76. The van der Waals surface area contributed by atoms with E-state index >= 15 is 0 Å². The van der Waals surface area contributed by atoms with Gasteiger partial charge in [-0.1, -0.05) is 21.9 Å². The minimum Gasteiger partial charge on any atom is -0.431 e. The molecule has 1 aromatic heterocycles. The molecule has 0 aromatic carbocycles. The summed E-state index contributed by atoms with van der Waals surface area (Å²) in [4.78, 5) is 42.6. The molecule has 0 radical (unpaired) electrons. The molecule has 0 aliphatic carbocycles. The molecular formula is C14H17N3O5S2. The number of imide groups is 1. The van der Waals surface area contributed by atoms with Crippen molar-refractivity contribution in [2.45, 2.75) is 17.9 Å². The van der Waals surface area contributed by atoms with Crippen molar-refractivity contribution in [1.82, 2.24) is 15.4 Å². The van der Waals surface area contributed by atoms with Crippen LogP contribution in [-0.2, 0) is 19.2 Å². The molecule has 1 saturated heterocycles. The second-order valence-corrected chi connectivity index (χ2v) is 7.03. The largest absolute Gasteiger partial charge is 0.534 e. The molecule has 0 atom stereocenters. The number of nitrogens with one attached hydrogen (secondary N) is 1. The molecule has 2 heterocycles. The highest BCUT2D eigenvalue weighted by molar-refractivity contribution is 8.76. The number of carbonyl (C=O) groups is 3. The van der Waals surface area contributed by atoms with Crippen molar-refractivity contribution in [2.24, 2.45) is 0 Å². The molecule has 24 heavy (non-hydrogen) atoms. The van der Waals surface area contributed by atoms with Gasteiger partial charge in [-0.2, -0.15) is 0 Å². The van der Waals surface area contributed by atoms with E-state index in [0.717, 1.165) is 17.3 Å². The van der Waals surface area contributed by atoms with Gasteiger partial charge >= 0.3 is 6.16 Å². The Morgan fingerprint density at radius 3 is 2.75 bits per heavy atom. The van der Waals surface area contributed by atoms with Crippen LogP contribution < -0.4 is 5.32 Å². The highest BCUT2D eigenvalue weighted by atomic mass is 33.1. The number of hydrogen-bond donors (Lipinski definition) is 1. The topological polar surface area (TPSA) is 97.8 Å². The van der Waals surface area contributed by atoms with Crippen LogP contribution in [0.15, 0.2) is 29.4 Å². The van der Waals surface area contributed by atoms with Crippen LogP contribution in [0.1, 0.15) is 12.8 Å². The monoisotopic (exact) mass is 371 g/mol. The average molecular weight is 371 g/mol. The van der Waals surface area contributed by atoms with Gasteiger partial charge in [-0.05, 0) is 22.9 Å². The van der Waals surface area contributed by atoms with Crippen molar-refractivity contribution in [3.63, 3.8) is 0 Å². The highest BCUT2D eigenvalue weighted by Crippen LogP contribution is 2.28. The van der Waals surface area contributed by atoms with Crippen LogP contribution >= 0.6 is 21.6 Å². The third-order valence-electron chi connectivity index (χ3n) is 2.81. The zero-order valence-corrected chi connectivity index (χ0v) is 14.4. The molecule has 1 aromatic rings. The van der Waals surface area contributed by atoms with Crippen molar-refractivity contribution >= 4 is 39.6 Å². The molecule has 0 saturated carbocycles. The summed E-state index contributed by atoms with van der Waals surface area (Å²) in [5.74, 6) is -0.197. The van der Waals surface area contributed by atoms with E-state index in [1.807, 2.05) is 18.2 Å². The van der Waals surface area contributed by atoms with E-state index in [1.54, 1.807) is 27.8 Å². The van der Waals surface area contributed by atoms with Crippen LogP contribution in [0.2, 0.25) is 0 Å². The average Bonchev–Trinajstić information content (AvgIpc) is 2.90. The zero-order chi connectivity index (χ0) is 17.2. The van der Waals surface area contributed by atoms with Crippen LogP contribution in [0.5, 0.6) is 0 Å². The van der Waals surface area contributed by atoms with Crippen LogP contribution in [-0.4, -0.2) is 53.5 Å². The molecule has 130 valence electrons. The van der Waals surface area contributed by atoms with E-state index < -0.39 is 18.0 Å². The minimum atomic E-state index is -1.06. The Morgan fingerprint density at radius 2 is 2.04 bits per heavy atom. The quantitative estimate of drug-likeness (QED) is 0.300. The first-order chi connectivity index (χ1) is 11.7. The van der Waals surface area contributed by atoms with Gasteiger partial charge < -0.3 is 10.1 Å². The molecule has 1 aliphatic rings. The summed E-state index contributed by atoms with van der Waals surface area (Å²) in [5, 5.41) is 4.52. The van der Waals surface area contributed by atoms with Gasteiger partial charge in [-0.25, -0.2) is 9.78 Å². The van der Waals surface area contributed by atoms with Gasteiger partial charge in [0.2, 0.25) is 0 Å². The molecule has 1 fully saturated rings. The van der Waals surface area contributed by atoms with Crippen LogP contribution in [0.25, 0.3) is 0 Å². The normalized spacial score (nSPS) is 14.1. The van der Waals surface area contributed by atoms with Gasteiger partial charge in [0.05, 0.1) is 0 Å². The summed E-state index contributed by atoms with van der Waals surface area (Å²) >= 11 is 0. The molecule has 2 amide bonds. The SMILES string of the molecule is O=C(OCCNCCSSc1ccccn1)ON1C(=O)CCC1=O. The van der Waals surface area contributed by atoms with E-state index in [2.05, 4.69) is 15.1 Å². The summed E-state index contributed by atoms with van der Waals surface area (Å²) in [6.07, 6.45) is 0.811. The molecular weight excluding hydrogens is 354 g/mol. The predicted molar refractivity (Wildman–Crippen MR) is 88.9 cm³/mol. The Labute approximate surface area is 147 Å². The van der Waals surface area contributed by atoms with Crippen molar-refractivity contribution in [2.75, 3.05) is 25.4 Å². The van der Waals surface area contributed by atoms with Gasteiger partial charge in [-0.15, -0.1) is 0 Å². The maximum atomic E-state index is 11.3. The Bertz CT molecular complexity index is 557. The van der Waals surface area contributed by atoms with Gasteiger partial charge in [0.25, 0.3) is 11.8 Å². The lowest BCUT2D eigenvalue weighted by Gasteiger charge is -2.12. The van der Waals surface area contributed by atoms with Gasteiger partial charge in [-0.3, -0.25) is 14.4 Å². The summed E-state index contributed by atoms with van der Waals surface area (Å²) in [7, 11) is 3.27. The number of hydrogen-bond acceptors (Lipinski definition) is 9. The summed E-state index contributed by atoms with van der Waals surface area (Å²) in [5.41, 5.74) is 0. The van der Waals surface area contributed by atoms with Crippen LogP contribution in [0.4, 0.5) is 4.79 Å². The van der Waals surface area contributed by atoms with E-state index in [4.69, 9.17) is 4.74 Å². The number of pyridine rings is 1. The minimum absolute atomic E-state index is 0.0574. The Hall–Kier alpha value is -1.78. The summed E-state index contributed by atoms with van der Waals surface area (Å²) < 4.78 is 4.78. The van der Waals surface area contributed by atoms with E-state index in [1.165, 1.54) is 0 Å². The Balaban J connectivity index is 1.45. The van der Waals surface area contributed by atoms with Crippen molar-refractivity contribution in [3.8, 4) is 0 Å². The van der Waals surface area contributed by atoms with E-state index in [0.29, 0.717) is 11.6 Å². The molecule has 0 unspecified atom stereocenters. The number of carbonyl (C=O) groups excluding carboxylic acids is 3. The maximum absolute atomic E-state index is 11.3. The highest BCUT2D eigenvalue weighted by Gasteiger charge is 2.33. The number of nitrogens with zero attached hydrogens (tertiary/aromatic N) is 2. The molecule has 10 heteroatoms. The maximum Gasteiger partial charge on any atom is 0.534 e. The molecule has 1 N–H and O–H groups in total. The number of amides is 2. The molecule has 0 bridgehead atoms. The third kappa shape index (κ3) is 6.38. The number of rotatable bonds is 9. The number of hydroxylamine groups is 2. The summed E-state index contributed by atoms with van der Waals surface area (Å²) in [6.45, 7) is 1.28. The standard InChI is InChI=1S/C14H17N3O5S2/c18-12-4-5-13(19)17(12)22-14(20)21-9-7-15-8-10-23-24-11-3-1-2-6-16-11/h1-3,6,15H,4-5,7-10H2. The molecule has 2 rings (SSSR count). The number of aromatic nitrogens is 1. The lowest BCUT2D eigenvalue weighted by molar-refractivity contribution is -0.177. The Morgan fingerprint density at radius 1 is 1.25 bits per heavy atom. The molecule has 8 nitrogen and oxygen atoms in total. The smallest absolute Gasteiger partial charge is 0.431 e. The molecule has 1 aliphatic heterocycles. The fraction of sp³-hybridized carbons (Fsp3) is 0.429. The van der Waals surface area contributed by atoms with Crippen molar-refractivity contribution in [3.05, 3.63) is 24.4 Å². The first kappa shape index (κ1) is 18.6. The zero-order valence-electron chi connectivity index (χ0n) is 12.8. The lowest BCUT2D eigenvalue weighted by atomic mass is 10.4. The van der Waals surface area contributed by atoms with Crippen LogP contribution in [0, 0.1) is 0 Å². The molecule has 0 spiro atoms. The third-order valence-corrected chi connectivity index (χ3v) is 5.08. The second kappa shape index (κ2) is 10.2. The van der Waals surface area contributed by atoms with Gasteiger partial charge in [0.1, 0.15) is 11.6 Å². The van der Waals surface area contributed by atoms with E-state index in [-0.39, 0.29) is 19.4 Å². The lowest BCUT2D eigenvalue weighted by Crippen LogP contribution is -2.33. The number of ether oxygens (including phenoxy) is 1. The first-order valence-corrected chi connectivity index (χ1v) is 9.60.